The third kappa shape index (κ3) is 5.66. The predicted octanol–water partition coefficient (Wildman–Crippen LogP) is 1.87. The molecule has 0 fully saturated rings. The van der Waals surface area contributed by atoms with E-state index in [0.29, 0.717) is 19.0 Å². The molecule has 140 valence electrons. The molecule has 1 aromatic carbocycles. The third-order valence-electron chi connectivity index (χ3n) is 4.05. The summed E-state index contributed by atoms with van der Waals surface area (Å²) in [6.07, 6.45) is 4.36. The SMILES string of the molecule is CC(C)C[C@@H](CN)NC(=O)Cc1cncn1Cc1ccc([N+](=O)[O-])cc1. The highest BCUT2D eigenvalue weighted by atomic mass is 16.6. The van der Waals surface area contributed by atoms with Gasteiger partial charge in [-0.05, 0) is 17.9 Å². The van der Waals surface area contributed by atoms with Crippen molar-refractivity contribution in [1.82, 2.24) is 14.9 Å². The van der Waals surface area contributed by atoms with E-state index in [0.717, 1.165) is 17.7 Å². The number of non-ortho nitro benzene ring substituents is 1. The van der Waals surface area contributed by atoms with Gasteiger partial charge in [0.1, 0.15) is 0 Å². The number of aromatic nitrogens is 2. The molecule has 0 saturated heterocycles. The number of imidazole rings is 1. The highest BCUT2D eigenvalue weighted by molar-refractivity contribution is 5.78. The first-order valence-corrected chi connectivity index (χ1v) is 8.60. The second-order valence-electron chi connectivity index (χ2n) is 6.74. The molecule has 0 unspecified atom stereocenters. The summed E-state index contributed by atoms with van der Waals surface area (Å²) in [5.74, 6) is 0.364. The maximum Gasteiger partial charge on any atom is 0.269 e. The fraction of sp³-hybridized carbons (Fsp3) is 0.444. The maximum absolute atomic E-state index is 12.3. The van der Waals surface area contributed by atoms with Gasteiger partial charge < -0.3 is 15.6 Å². The first-order chi connectivity index (χ1) is 12.4. The molecule has 1 amide bonds. The summed E-state index contributed by atoms with van der Waals surface area (Å²) < 4.78 is 1.86. The Balaban J connectivity index is 1.99. The molecule has 8 heteroatoms. The molecule has 0 spiro atoms. The van der Waals surface area contributed by atoms with Crippen molar-refractivity contribution in [2.24, 2.45) is 11.7 Å². The molecule has 0 saturated carbocycles. The highest BCUT2D eigenvalue weighted by Crippen LogP contribution is 2.14. The van der Waals surface area contributed by atoms with Crippen LogP contribution in [0.1, 0.15) is 31.5 Å². The number of nitrogens with zero attached hydrogens (tertiary/aromatic N) is 3. The first kappa shape index (κ1) is 19.6. The van der Waals surface area contributed by atoms with Crippen molar-refractivity contribution in [3.8, 4) is 0 Å². The van der Waals surface area contributed by atoms with Crippen LogP contribution in [0, 0.1) is 16.0 Å². The second kappa shape index (κ2) is 9.10. The normalized spacial score (nSPS) is 12.2. The molecule has 2 aromatic rings. The summed E-state index contributed by atoms with van der Waals surface area (Å²) in [6.45, 7) is 5.08. The van der Waals surface area contributed by atoms with Crippen LogP contribution in [-0.4, -0.2) is 33.0 Å². The van der Waals surface area contributed by atoms with E-state index in [9.17, 15) is 14.9 Å². The second-order valence-corrected chi connectivity index (χ2v) is 6.74. The van der Waals surface area contributed by atoms with E-state index in [1.54, 1.807) is 24.7 Å². The van der Waals surface area contributed by atoms with Gasteiger partial charge in [-0.1, -0.05) is 26.0 Å². The molecule has 2 rings (SSSR count). The van der Waals surface area contributed by atoms with Gasteiger partial charge in [-0.2, -0.15) is 0 Å². The van der Waals surface area contributed by atoms with E-state index >= 15 is 0 Å². The monoisotopic (exact) mass is 359 g/mol. The van der Waals surface area contributed by atoms with Crippen molar-refractivity contribution in [2.45, 2.75) is 39.3 Å². The Hall–Kier alpha value is -2.74. The van der Waals surface area contributed by atoms with Crippen LogP contribution in [0.4, 0.5) is 5.69 Å². The lowest BCUT2D eigenvalue weighted by Crippen LogP contribution is -2.41. The zero-order chi connectivity index (χ0) is 19.1. The largest absolute Gasteiger partial charge is 0.352 e. The van der Waals surface area contributed by atoms with Gasteiger partial charge in [0.25, 0.3) is 5.69 Å². The van der Waals surface area contributed by atoms with Gasteiger partial charge in [-0.15, -0.1) is 0 Å². The van der Waals surface area contributed by atoms with Crippen molar-refractivity contribution < 1.29 is 9.72 Å². The number of hydrogen-bond acceptors (Lipinski definition) is 5. The number of amides is 1. The van der Waals surface area contributed by atoms with Crippen molar-refractivity contribution in [3.63, 3.8) is 0 Å². The molecule has 3 N–H and O–H groups in total. The zero-order valence-electron chi connectivity index (χ0n) is 15.1. The number of benzene rings is 1. The Bertz CT molecular complexity index is 740. The van der Waals surface area contributed by atoms with E-state index in [1.165, 1.54) is 12.1 Å². The molecule has 8 nitrogen and oxygen atoms in total. The molecular formula is C18H25N5O3. The molecule has 0 radical (unpaired) electrons. The van der Waals surface area contributed by atoms with Crippen molar-refractivity contribution >= 4 is 11.6 Å². The molecule has 0 bridgehead atoms. The summed E-state index contributed by atoms with van der Waals surface area (Å²) >= 11 is 0. The van der Waals surface area contributed by atoms with Crippen LogP contribution in [0.2, 0.25) is 0 Å². The quantitative estimate of drug-likeness (QED) is 0.524. The standard InChI is InChI=1S/C18H25N5O3/c1-13(2)7-15(9-19)21-18(24)8-17-10-20-12-22(17)11-14-3-5-16(6-4-14)23(25)26/h3-6,10,12-13,15H,7-9,11,19H2,1-2H3,(H,21,24)/t15-/m0/s1. The molecule has 1 atom stereocenters. The molecule has 0 aliphatic rings. The van der Waals surface area contributed by atoms with Crippen LogP contribution < -0.4 is 11.1 Å². The number of carbonyl (C=O) groups is 1. The van der Waals surface area contributed by atoms with Crippen LogP contribution in [0.5, 0.6) is 0 Å². The maximum atomic E-state index is 12.3. The van der Waals surface area contributed by atoms with E-state index < -0.39 is 4.92 Å². The lowest BCUT2D eigenvalue weighted by Gasteiger charge is -2.19. The Labute approximate surface area is 152 Å². The first-order valence-electron chi connectivity index (χ1n) is 8.60. The Kier molecular flexibility index (Phi) is 6.85. The number of hydrogen-bond donors (Lipinski definition) is 2. The van der Waals surface area contributed by atoms with Crippen molar-refractivity contribution in [1.29, 1.82) is 0 Å². The van der Waals surface area contributed by atoms with E-state index in [1.807, 2.05) is 4.57 Å². The van der Waals surface area contributed by atoms with E-state index in [-0.39, 0.29) is 24.1 Å². The molecular weight excluding hydrogens is 334 g/mol. The van der Waals surface area contributed by atoms with E-state index in [2.05, 4.69) is 24.1 Å². The third-order valence-corrected chi connectivity index (χ3v) is 4.05. The van der Waals surface area contributed by atoms with Crippen LogP contribution in [0.15, 0.2) is 36.8 Å². The molecule has 26 heavy (non-hydrogen) atoms. The average molecular weight is 359 g/mol. The summed E-state index contributed by atoms with van der Waals surface area (Å²) in [7, 11) is 0. The van der Waals surface area contributed by atoms with E-state index in [4.69, 9.17) is 5.73 Å². The zero-order valence-corrected chi connectivity index (χ0v) is 15.1. The fourth-order valence-corrected chi connectivity index (χ4v) is 2.78. The summed E-state index contributed by atoms with van der Waals surface area (Å²) in [4.78, 5) is 26.7. The van der Waals surface area contributed by atoms with Gasteiger partial charge in [0, 0.05) is 43.2 Å². The van der Waals surface area contributed by atoms with Gasteiger partial charge >= 0.3 is 0 Å². The molecule has 0 aliphatic heterocycles. The van der Waals surface area contributed by atoms with Crippen LogP contribution >= 0.6 is 0 Å². The van der Waals surface area contributed by atoms with Crippen molar-refractivity contribution in [2.75, 3.05) is 6.54 Å². The molecule has 1 aromatic heterocycles. The lowest BCUT2D eigenvalue weighted by atomic mass is 10.0. The van der Waals surface area contributed by atoms with Gasteiger partial charge in [0.2, 0.25) is 5.91 Å². The Morgan fingerprint density at radius 3 is 2.62 bits per heavy atom. The minimum absolute atomic E-state index is 0.0338. The number of nitro benzene ring substituents is 1. The fourth-order valence-electron chi connectivity index (χ4n) is 2.78. The summed E-state index contributed by atoms with van der Waals surface area (Å²) in [5.41, 5.74) is 7.46. The van der Waals surface area contributed by atoms with Crippen LogP contribution in [-0.2, 0) is 17.8 Å². The lowest BCUT2D eigenvalue weighted by molar-refractivity contribution is -0.384. The molecule has 1 heterocycles. The van der Waals surface area contributed by atoms with Gasteiger partial charge in [-0.25, -0.2) is 4.98 Å². The van der Waals surface area contributed by atoms with Crippen molar-refractivity contribution in [3.05, 3.63) is 58.2 Å². The summed E-state index contributed by atoms with van der Waals surface area (Å²) in [5, 5.41) is 13.7. The summed E-state index contributed by atoms with van der Waals surface area (Å²) in [6, 6.07) is 6.31. The van der Waals surface area contributed by atoms with Gasteiger partial charge in [-0.3, -0.25) is 14.9 Å². The Morgan fingerprint density at radius 2 is 2.04 bits per heavy atom. The topological polar surface area (TPSA) is 116 Å². The predicted molar refractivity (Wildman–Crippen MR) is 98.6 cm³/mol. The van der Waals surface area contributed by atoms with Gasteiger partial charge in [0.15, 0.2) is 0 Å². The Morgan fingerprint density at radius 1 is 1.35 bits per heavy atom. The van der Waals surface area contributed by atoms with Gasteiger partial charge in [0.05, 0.1) is 17.7 Å². The highest BCUT2D eigenvalue weighted by Gasteiger charge is 2.15. The smallest absolute Gasteiger partial charge is 0.269 e. The number of rotatable bonds is 9. The minimum atomic E-state index is -0.429. The van der Waals surface area contributed by atoms with Crippen LogP contribution in [0.25, 0.3) is 0 Å². The molecule has 0 aliphatic carbocycles. The number of nitrogens with one attached hydrogen (secondary N) is 1. The average Bonchev–Trinajstić information content (AvgIpc) is 3.01. The number of nitro groups is 1. The van der Waals surface area contributed by atoms with Crippen LogP contribution in [0.3, 0.4) is 0 Å². The number of nitrogens with two attached hydrogens (primary N) is 1. The number of carbonyl (C=O) groups excluding carboxylic acids is 1. The minimum Gasteiger partial charge on any atom is -0.352 e.